The number of rotatable bonds is 3. The van der Waals surface area contributed by atoms with Crippen molar-refractivity contribution in [2.45, 2.75) is 50.2 Å². The van der Waals surface area contributed by atoms with Crippen molar-refractivity contribution in [3.8, 4) is 0 Å². The second-order valence-electron chi connectivity index (χ2n) is 6.76. The first-order chi connectivity index (χ1) is 11.2. The maximum Gasteiger partial charge on any atom is 0.272 e. The standard InChI is InChI=1S/C17H22N4O2/c1-21-11-3-4-12(21)8-10(7-11)18-17(22)16-14-9-13(23-2)5-6-15(14)19-20-16/h5,9-12H,3-4,6-8H2,1-2H3,(H,18,22)/t10-,11-,12+. The Morgan fingerprint density at radius 2 is 2.04 bits per heavy atom. The fourth-order valence-electron chi connectivity index (χ4n) is 4.15. The van der Waals surface area contributed by atoms with Crippen molar-refractivity contribution in [3.05, 3.63) is 23.5 Å². The normalized spacial score (nSPS) is 32.5. The van der Waals surface area contributed by atoms with Crippen LogP contribution in [0.2, 0.25) is 0 Å². The number of amides is 1. The number of allylic oxidation sites excluding steroid dienone is 2. The Labute approximate surface area is 136 Å². The average Bonchev–Trinajstić information content (AvgIpc) is 3.04. The molecule has 4 rings (SSSR count). The molecule has 0 saturated carbocycles. The number of hydrogen-bond donors (Lipinski definition) is 1. The topological polar surface area (TPSA) is 66.3 Å². The van der Waals surface area contributed by atoms with Crippen molar-refractivity contribution in [2.24, 2.45) is 10.2 Å². The van der Waals surface area contributed by atoms with Crippen molar-refractivity contribution in [1.82, 2.24) is 10.2 Å². The summed E-state index contributed by atoms with van der Waals surface area (Å²) in [7, 11) is 3.83. The predicted molar refractivity (Wildman–Crippen MR) is 88.4 cm³/mol. The minimum atomic E-state index is -0.110. The summed E-state index contributed by atoms with van der Waals surface area (Å²) in [6.45, 7) is 0. The fraction of sp³-hybridized carbons (Fsp3) is 0.588. The monoisotopic (exact) mass is 314 g/mol. The van der Waals surface area contributed by atoms with Gasteiger partial charge in [-0.05, 0) is 44.9 Å². The quantitative estimate of drug-likeness (QED) is 0.856. The molecule has 3 atom stereocenters. The molecule has 122 valence electrons. The Hall–Kier alpha value is -1.95. The number of nitrogens with zero attached hydrogens (tertiary/aromatic N) is 3. The third-order valence-corrected chi connectivity index (χ3v) is 5.50. The summed E-state index contributed by atoms with van der Waals surface area (Å²) >= 11 is 0. The Balaban J connectivity index is 1.44. The second-order valence-corrected chi connectivity index (χ2v) is 6.76. The van der Waals surface area contributed by atoms with E-state index in [1.807, 2.05) is 12.2 Å². The maximum absolute atomic E-state index is 12.6. The van der Waals surface area contributed by atoms with Gasteiger partial charge >= 0.3 is 0 Å². The van der Waals surface area contributed by atoms with E-state index in [-0.39, 0.29) is 11.9 Å². The van der Waals surface area contributed by atoms with Gasteiger partial charge in [0, 0.05) is 30.1 Å². The molecule has 0 aromatic rings. The van der Waals surface area contributed by atoms with E-state index in [1.54, 1.807) is 7.11 Å². The van der Waals surface area contributed by atoms with Crippen LogP contribution in [0.15, 0.2) is 33.7 Å². The Bertz CT molecular complexity index is 648. The first-order valence-electron chi connectivity index (χ1n) is 8.29. The van der Waals surface area contributed by atoms with Gasteiger partial charge in [0.2, 0.25) is 0 Å². The number of carbonyl (C=O) groups is 1. The lowest BCUT2D eigenvalue weighted by Crippen LogP contribution is -2.50. The van der Waals surface area contributed by atoms with Crippen LogP contribution < -0.4 is 5.32 Å². The van der Waals surface area contributed by atoms with E-state index in [2.05, 4.69) is 27.5 Å². The molecule has 3 heterocycles. The molecule has 2 bridgehead atoms. The first-order valence-corrected chi connectivity index (χ1v) is 8.29. The molecule has 3 aliphatic heterocycles. The van der Waals surface area contributed by atoms with E-state index in [0.717, 1.165) is 29.9 Å². The summed E-state index contributed by atoms with van der Waals surface area (Å²) in [6.07, 6.45) is 9.01. The van der Waals surface area contributed by atoms with E-state index in [0.29, 0.717) is 24.2 Å². The Morgan fingerprint density at radius 3 is 2.74 bits per heavy atom. The van der Waals surface area contributed by atoms with Crippen LogP contribution in [-0.4, -0.2) is 54.5 Å². The lowest BCUT2D eigenvalue weighted by molar-refractivity contribution is -0.115. The number of methoxy groups -OCH3 is 1. The SMILES string of the molecule is COC1=CCC2=NN=C(C(=O)N[C@@H]3C[C@H]4CC[C@@H](C3)N4C)C2=C1. The number of hydrogen-bond acceptors (Lipinski definition) is 5. The molecule has 23 heavy (non-hydrogen) atoms. The molecule has 0 aromatic heterocycles. The van der Waals surface area contributed by atoms with Crippen molar-refractivity contribution >= 4 is 17.3 Å². The van der Waals surface area contributed by atoms with E-state index in [1.165, 1.54) is 12.8 Å². The second kappa shape index (κ2) is 5.60. The molecule has 4 aliphatic rings. The molecule has 2 saturated heterocycles. The van der Waals surface area contributed by atoms with Crippen LogP contribution in [0.3, 0.4) is 0 Å². The molecule has 0 spiro atoms. The average molecular weight is 314 g/mol. The van der Waals surface area contributed by atoms with Gasteiger partial charge in [-0.1, -0.05) is 0 Å². The summed E-state index contributed by atoms with van der Waals surface area (Å²) in [4.78, 5) is 15.1. The van der Waals surface area contributed by atoms with Gasteiger partial charge in [-0.3, -0.25) is 4.79 Å². The van der Waals surface area contributed by atoms with Gasteiger partial charge in [-0.15, -0.1) is 5.10 Å². The predicted octanol–water partition coefficient (Wildman–Crippen LogP) is 1.40. The van der Waals surface area contributed by atoms with Crippen LogP contribution in [0.5, 0.6) is 0 Å². The highest BCUT2D eigenvalue weighted by atomic mass is 16.5. The van der Waals surface area contributed by atoms with Gasteiger partial charge in [0.05, 0.1) is 12.8 Å². The van der Waals surface area contributed by atoms with E-state index >= 15 is 0 Å². The fourth-order valence-corrected chi connectivity index (χ4v) is 4.15. The zero-order chi connectivity index (χ0) is 16.0. The summed E-state index contributed by atoms with van der Waals surface area (Å²) in [5, 5.41) is 11.4. The molecule has 2 fully saturated rings. The maximum atomic E-state index is 12.6. The molecule has 1 N–H and O–H groups in total. The van der Waals surface area contributed by atoms with E-state index in [4.69, 9.17) is 4.74 Å². The summed E-state index contributed by atoms with van der Waals surface area (Å²) in [6, 6.07) is 1.45. The van der Waals surface area contributed by atoms with Crippen LogP contribution in [0.1, 0.15) is 32.1 Å². The third kappa shape index (κ3) is 2.51. The molecule has 1 aliphatic carbocycles. The summed E-state index contributed by atoms with van der Waals surface area (Å²) in [5.41, 5.74) is 2.08. The number of carbonyl (C=O) groups excluding carboxylic acids is 1. The summed E-state index contributed by atoms with van der Waals surface area (Å²) in [5.74, 6) is 0.653. The van der Waals surface area contributed by atoms with Gasteiger partial charge in [-0.25, -0.2) is 0 Å². The van der Waals surface area contributed by atoms with Crippen molar-refractivity contribution in [2.75, 3.05) is 14.2 Å². The van der Waals surface area contributed by atoms with Gasteiger partial charge in [0.25, 0.3) is 5.91 Å². The van der Waals surface area contributed by atoms with Crippen molar-refractivity contribution in [3.63, 3.8) is 0 Å². The van der Waals surface area contributed by atoms with E-state index < -0.39 is 0 Å². The van der Waals surface area contributed by atoms with Crippen LogP contribution in [0, 0.1) is 0 Å². The Morgan fingerprint density at radius 1 is 1.30 bits per heavy atom. The molecule has 0 radical (unpaired) electrons. The highest BCUT2D eigenvalue weighted by Gasteiger charge is 2.39. The minimum absolute atomic E-state index is 0.110. The zero-order valence-corrected chi connectivity index (χ0v) is 13.6. The van der Waals surface area contributed by atoms with Crippen LogP contribution in [0.25, 0.3) is 0 Å². The van der Waals surface area contributed by atoms with Crippen LogP contribution in [-0.2, 0) is 9.53 Å². The molecule has 6 nitrogen and oxygen atoms in total. The number of ether oxygens (including phenoxy) is 1. The van der Waals surface area contributed by atoms with Crippen LogP contribution in [0.4, 0.5) is 0 Å². The summed E-state index contributed by atoms with van der Waals surface area (Å²) < 4.78 is 5.26. The molecular formula is C17H22N4O2. The Kier molecular flexibility index (Phi) is 3.56. The lowest BCUT2D eigenvalue weighted by atomic mass is 9.95. The molecule has 6 heteroatoms. The number of nitrogens with one attached hydrogen (secondary N) is 1. The van der Waals surface area contributed by atoms with Gasteiger partial charge in [0.15, 0.2) is 5.71 Å². The highest BCUT2D eigenvalue weighted by Crippen LogP contribution is 2.34. The van der Waals surface area contributed by atoms with Gasteiger partial charge < -0.3 is 15.0 Å². The minimum Gasteiger partial charge on any atom is -0.497 e. The van der Waals surface area contributed by atoms with Crippen LogP contribution >= 0.6 is 0 Å². The third-order valence-electron chi connectivity index (χ3n) is 5.50. The lowest BCUT2D eigenvalue weighted by Gasteiger charge is -2.36. The van der Waals surface area contributed by atoms with Gasteiger partial charge in [-0.2, -0.15) is 5.10 Å². The zero-order valence-electron chi connectivity index (χ0n) is 13.6. The molecular weight excluding hydrogens is 292 g/mol. The first kappa shape index (κ1) is 14.6. The van der Waals surface area contributed by atoms with Crippen molar-refractivity contribution < 1.29 is 9.53 Å². The van der Waals surface area contributed by atoms with E-state index in [9.17, 15) is 4.79 Å². The van der Waals surface area contributed by atoms with Crippen molar-refractivity contribution in [1.29, 1.82) is 0 Å². The smallest absolute Gasteiger partial charge is 0.272 e. The highest BCUT2D eigenvalue weighted by molar-refractivity contribution is 6.53. The van der Waals surface area contributed by atoms with Gasteiger partial charge in [0.1, 0.15) is 5.76 Å². The molecule has 1 amide bonds. The molecule has 0 aromatic carbocycles. The number of piperidine rings is 1. The number of fused-ring (bicyclic) bond motifs is 3. The molecule has 0 unspecified atom stereocenters. The largest absolute Gasteiger partial charge is 0.497 e.